The van der Waals surface area contributed by atoms with Gasteiger partial charge in [-0.05, 0) is 49.3 Å². The van der Waals surface area contributed by atoms with Crippen molar-refractivity contribution in [2.24, 2.45) is 17.8 Å². The van der Waals surface area contributed by atoms with Crippen molar-refractivity contribution in [2.45, 2.75) is 32.2 Å². The van der Waals surface area contributed by atoms with E-state index in [0.29, 0.717) is 6.04 Å². The Balaban J connectivity index is 1.77. The standard InChI is InChI=1S/C13H18ClNS/c1-2-15-13(10-6-7-11(14)16-10)12-8-4-3-5-9(8)12/h6-9,12-13,15H,2-5H2,1H3. The van der Waals surface area contributed by atoms with E-state index in [1.807, 2.05) is 6.07 Å². The zero-order chi connectivity index (χ0) is 11.1. The zero-order valence-corrected chi connectivity index (χ0v) is 11.2. The molecule has 1 heterocycles. The Kier molecular flexibility index (Phi) is 2.99. The monoisotopic (exact) mass is 255 g/mol. The smallest absolute Gasteiger partial charge is 0.0931 e. The highest BCUT2D eigenvalue weighted by Gasteiger charge is 2.56. The number of thiophene rings is 1. The second-order valence-electron chi connectivity index (χ2n) is 5.01. The van der Waals surface area contributed by atoms with E-state index < -0.39 is 0 Å². The molecule has 1 nitrogen and oxygen atoms in total. The molecule has 3 atom stereocenters. The molecule has 2 aliphatic rings. The maximum absolute atomic E-state index is 6.04. The van der Waals surface area contributed by atoms with E-state index in [-0.39, 0.29) is 0 Å². The Labute approximate surface area is 106 Å². The third-order valence-electron chi connectivity index (χ3n) is 4.18. The van der Waals surface area contributed by atoms with E-state index in [1.165, 1.54) is 24.1 Å². The van der Waals surface area contributed by atoms with Crippen LogP contribution < -0.4 is 5.32 Å². The molecule has 3 heteroatoms. The molecular formula is C13H18ClNS. The van der Waals surface area contributed by atoms with Crippen molar-refractivity contribution < 1.29 is 0 Å². The summed E-state index contributed by atoms with van der Waals surface area (Å²) in [7, 11) is 0. The third kappa shape index (κ3) is 1.81. The van der Waals surface area contributed by atoms with E-state index in [9.17, 15) is 0 Å². The van der Waals surface area contributed by atoms with Crippen LogP contribution in [0.5, 0.6) is 0 Å². The number of nitrogens with one attached hydrogen (secondary N) is 1. The van der Waals surface area contributed by atoms with Crippen LogP contribution in [0.1, 0.15) is 37.1 Å². The van der Waals surface area contributed by atoms with Crippen molar-refractivity contribution in [1.29, 1.82) is 0 Å². The summed E-state index contributed by atoms with van der Waals surface area (Å²) in [5, 5.41) is 3.65. The van der Waals surface area contributed by atoms with Crippen LogP contribution in [-0.4, -0.2) is 6.54 Å². The van der Waals surface area contributed by atoms with Crippen molar-refractivity contribution in [3.05, 3.63) is 21.3 Å². The van der Waals surface area contributed by atoms with Gasteiger partial charge in [-0.15, -0.1) is 11.3 Å². The van der Waals surface area contributed by atoms with Gasteiger partial charge < -0.3 is 5.32 Å². The molecule has 1 N–H and O–H groups in total. The summed E-state index contributed by atoms with van der Waals surface area (Å²) in [5.41, 5.74) is 0. The molecule has 0 saturated heterocycles. The van der Waals surface area contributed by atoms with Gasteiger partial charge in [0.2, 0.25) is 0 Å². The van der Waals surface area contributed by atoms with Gasteiger partial charge in [-0.3, -0.25) is 0 Å². The van der Waals surface area contributed by atoms with Crippen molar-refractivity contribution in [1.82, 2.24) is 5.32 Å². The predicted octanol–water partition coefficient (Wildman–Crippen LogP) is 4.10. The normalized spacial score (nSPS) is 33.8. The lowest BCUT2D eigenvalue weighted by Crippen LogP contribution is -2.23. The SMILES string of the molecule is CCNC(c1ccc(Cl)s1)C1C2CCCC21. The molecule has 0 radical (unpaired) electrons. The first-order chi connectivity index (χ1) is 7.81. The molecule has 88 valence electrons. The molecule has 2 fully saturated rings. The molecule has 2 saturated carbocycles. The Morgan fingerprint density at radius 2 is 2.19 bits per heavy atom. The molecule has 0 aliphatic heterocycles. The molecule has 0 spiro atoms. The summed E-state index contributed by atoms with van der Waals surface area (Å²) in [6.07, 6.45) is 4.36. The van der Waals surface area contributed by atoms with Crippen LogP contribution in [0.25, 0.3) is 0 Å². The van der Waals surface area contributed by atoms with Gasteiger partial charge in [0.1, 0.15) is 0 Å². The Bertz CT molecular complexity index is 366. The number of fused-ring (bicyclic) bond motifs is 1. The summed E-state index contributed by atoms with van der Waals surface area (Å²) >= 11 is 7.79. The van der Waals surface area contributed by atoms with Gasteiger partial charge in [0.15, 0.2) is 0 Å². The fourth-order valence-corrected chi connectivity index (χ4v) is 4.71. The van der Waals surface area contributed by atoms with Gasteiger partial charge in [0.25, 0.3) is 0 Å². The Hall–Kier alpha value is -0.0500. The molecule has 2 aliphatic carbocycles. The average molecular weight is 256 g/mol. The van der Waals surface area contributed by atoms with E-state index in [1.54, 1.807) is 11.3 Å². The Morgan fingerprint density at radius 3 is 2.75 bits per heavy atom. The third-order valence-corrected chi connectivity index (χ3v) is 5.50. The lowest BCUT2D eigenvalue weighted by Gasteiger charge is -2.18. The number of rotatable bonds is 4. The summed E-state index contributed by atoms with van der Waals surface area (Å²) in [6, 6.07) is 4.80. The van der Waals surface area contributed by atoms with Gasteiger partial charge >= 0.3 is 0 Å². The minimum absolute atomic E-state index is 0.567. The van der Waals surface area contributed by atoms with Crippen molar-refractivity contribution in [3.8, 4) is 0 Å². The molecule has 1 aromatic heterocycles. The van der Waals surface area contributed by atoms with Crippen LogP contribution in [-0.2, 0) is 0 Å². The molecule has 0 aromatic carbocycles. The summed E-state index contributed by atoms with van der Waals surface area (Å²) < 4.78 is 0.920. The first kappa shape index (κ1) is 11.1. The number of hydrogen-bond donors (Lipinski definition) is 1. The lowest BCUT2D eigenvalue weighted by molar-refractivity contribution is 0.431. The van der Waals surface area contributed by atoms with E-state index >= 15 is 0 Å². The lowest BCUT2D eigenvalue weighted by atomic mass is 10.0. The highest BCUT2D eigenvalue weighted by atomic mass is 35.5. The molecule has 1 aromatic rings. The van der Waals surface area contributed by atoms with Crippen LogP contribution >= 0.6 is 22.9 Å². The van der Waals surface area contributed by atoms with Crippen molar-refractivity contribution in [2.75, 3.05) is 6.54 Å². The van der Waals surface area contributed by atoms with Gasteiger partial charge in [-0.1, -0.05) is 24.9 Å². The fourth-order valence-electron chi connectivity index (χ4n) is 3.51. The summed E-state index contributed by atoms with van der Waals surface area (Å²) in [4.78, 5) is 1.44. The van der Waals surface area contributed by atoms with Gasteiger partial charge in [-0.2, -0.15) is 0 Å². The van der Waals surface area contributed by atoms with Crippen molar-refractivity contribution >= 4 is 22.9 Å². The predicted molar refractivity (Wildman–Crippen MR) is 70.1 cm³/mol. The second kappa shape index (κ2) is 4.32. The number of halogens is 1. The summed E-state index contributed by atoms with van der Waals surface area (Å²) in [5.74, 6) is 2.90. The topological polar surface area (TPSA) is 12.0 Å². The molecular weight excluding hydrogens is 238 g/mol. The second-order valence-corrected chi connectivity index (χ2v) is 6.76. The largest absolute Gasteiger partial charge is 0.309 e. The minimum Gasteiger partial charge on any atom is -0.309 e. The maximum atomic E-state index is 6.04. The van der Waals surface area contributed by atoms with Crippen LogP contribution in [0, 0.1) is 17.8 Å². The highest BCUT2D eigenvalue weighted by molar-refractivity contribution is 7.16. The quantitative estimate of drug-likeness (QED) is 0.854. The Morgan fingerprint density at radius 1 is 1.44 bits per heavy atom. The molecule has 3 unspecified atom stereocenters. The zero-order valence-electron chi connectivity index (χ0n) is 9.58. The minimum atomic E-state index is 0.567. The highest BCUT2D eigenvalue weighted by Crippen LogP contribution is 2.62. The van der Waals surface area contributed by atoms with Crippen LogP contribution in [0.2, 0.25) is 4.34 Å². The van der Waals surface area contributed by atoms with Crippen LogP contribution in [0.15, 0.2) is 12.1 Å². The van der Waals surface area contributed by atoms with E-state index in [2.05, 4.69) is 18.3 Å². The number of hydrogen-bond acceptors (Lipinski definition) is 2. The molecule has 3 rings (SSSR count). The van der Waals surface area contributed by atoms with Gasteiger partial charge in [0, 0.05) is 10.9 Å². The van der Waals surface area contributed by atoms with Crippen LogP contribution in [0.3, 0.4) is 0 Å². The molecule has 16 heavy (non-hydrogen) atoms. The first-order valence-corrected chi connectivity index (χ1v) is 7.49. The first-order valence-electron chi connectivity index (χ1n) is 6.30. The fraction of sp³-hybridized carbons (Fsp3) is 0.692. The molecule has 0 bridgehead atoms. The van der Waals surface area contributed by atoms with Gasteiger partial charge in [-0.25, -0.2) is 0 Å². The average Bonchev–Trinajstić information content (AvgIpc) is 2.70. The van der Waals surface area contributed by atoms with Crippen molar-refractivity contribution in [3.63, 3.8) is 0 Å². The van der Waals surface area contributed by atoms with E-state index in [0.717, 1.165) is 28.6 Å². The van der Waals surface area contributed by atoms with E-state index in [4.69, 9.17) is 11.6 Å². The summed E-state index contributed by atoms with van der Waals surface area (Å²) in [6.45, 7) is 3.25. The maximum Gasteiger partial charge on any atom is 0.0931 e. The van der Waals surface area contributed by atoms with Gasteiger partial charge in [0.05, 0.1) is 4.34 Å². The molecule has 0 amide bonds. The van der Waals surface area contributed by atoms with Crippen LogP contribution in [0.4, 0.5) is 0 Å².